The zero-order valence-corrected chi connectivity index (χ0v) is 11.7. The first kappa shape index (κ1) is 15.5. The predicted molar refractivity (Wildman–Crippen MR) is 72.2 cm³/mol. The van der Waals surface area contributed by atoms with Gasteiger partial charge in [-0.2, -0.15) is 8.78 Å². The van der Waals surface area contributed by atoms with Crippen LogP contribution in [0.4, 0.5) is 8.78 Å². The normalized spacial score (nSPS) is 15.7. The molecule has 1 aromatic carbocycles. The molecule has 5 nitrogen and oxygen atoms in total. The van der Waals surface area contributed by atoms with Crippen molar-refractivity contribution in [2.75, 3.05) is 6.61 Å². The lowest BCUT2D eigenvalue weighted by Gasteiger charge is -2.16. The molecule has 0 unspecified atom stereocenters. The molecule has 3 N–H and O–H groups in total. The number of hydrogen-bond donors (Lipinski definition) is 2. The van der Waals surface area contributed by atoms with E-state index in [0.29, 0.717) is 25.0 Å². The Balaban J connectivity index is 2.12. The molecule has 0 spiro atoms. The van der Waals surface area contributed by atoms with E-state index in [2.05, 4.69) is 10.1 Å². The summed E-state index contributed by atoms with van der Waals surface area (Å²) in [7, 11) is 0. The number of benzene rings is 1. The number of rotatable bonds is 7. The molecule has 0 atom stereocenters. The lowest BCUT2D eigenvalue weighted by atomic mass is 10.1. The van der Waals surface area contributed by atoms with E-state index in [1.54, 1.807) is 19.1 Å². The zero-order valence-electron chi connectivity index (χ0n) is 11.7. The summed E-state index contributed by atoms with van der Waals surface area (Å²) in [6, 6.07) is 4.79. The third-order valence-electron chi connectivity index (χ3n) is 3.25. The minimum Gasteiger partial charge on any atom is -0.490 e. The molecule has 116 valence electrons. The summed E-state index contributed by atoms with van der Waals surface area (Å²) in [6.07, 6.45) is 1.27. The van der Waals surface area contributed by atoms with Gasteiger partial charge in [0.25, 0.3) is 0 Å². The van der Waals surface area contributed by atoms with Gasteiger partial charge in [0.05, 0.1) is 12.1 Å². The van der Waals surface area contributed by atoms with Crippen molar-refractivity contribution in [1.82, 2.24) is 5.32 Å². The largest absolute Gasteiger partial charge is 0.490 e. The minimum absolute atomic E-state index is 0.0563. The number of nitrogens with one attached hydrogen (secondary N) is 1. The standard InChI is InChI=1S/C14H18F2N2O3/c1-2-20-10-5-3-4-9(11(10)21-13(15)16)8-18-12(19)14(17)6-7-14/h3-5,13H,2,6-8,17H2,1H3,(H,18,19). The number of para-hydroxylation sites is 1. The lowest BCUT2D eigenvalue weighted by Crippen LogP contribution is -2.42. The van der Waals surface area contributed by atoms with Gasteiger partial charge < -0.3 is 20.5 Å². The maximum absolute atomic E-state index is 12.5. The van der Waals surface area contributed by atoms with Gasteiger partial charge in [0, 0.05) is 12.1 Å². The molecule has 0 bridgehead atoms. The van der Waals surface area contributed by atoms with Crippen molar-refractivity contribution in [2.24, 2.45) is 5.73 Å². The van der Waals surface area contributed by atoms with Crippen molar-refractivity contribution in [3.63, 3.8) is 0 Å². The predicted octanol–water partition coefficient (Wildman–Crippen LogP) is 1.79. The highest BCUT2D eigenvalue weighted by Crippen LogP contribution is 2.34. The number of hydrogen-bond acceptors (Lipinski definition) is 4. The first-order valence-electron chi connectivity index (χ1n) is 6.73. The van der Waals surface area contributed by atoms with E-state index >= 15 is 0 Å². The Bertz CT molecular complexity index is 519. The van der Waals surface area contributed by atoms with Crippen LogP contribution in [0.15, 0.2) is 18.2 Å². The molecule has 2 rings (SSSR count). The Kier molecular flexibility index (Phi) is 4.62. The number of halogens is 2. The van der Waals surface area contributed by atoms with Gasteiger partial charge in [-0.05, 0) is 25.8 Å². The fourth-order valence-corrected chi connectivity index (χ4v) is 1.91. The number of nitrogens with two attached hydrogens (primary N) is 1. The summed E-state index contributed by atoms with van der Waals surface area (Å²) in [5.41, 5.74) is 5.37. The molecule has 1 aliphatic rings. The Hall–Kier alpha value is -1.89. The van der Waals surface area contributed by atoms with Crippen molar-refractivity contribution < 1.29 is 23.0 Å². The van der Waals surface area contributed by atoms with E-state index in [-0.39, 0.29) is 24.0 Å². The van der Waals surface area contributed by atoms with Crippen LogP contribution in [0.2, 0.25) is 0 Å². The summed E-state index contributed by atoms with van der Waals surface area (Å²) >= 11 is 0. The van der Waals surface area contributed by atoms with E-state index in [1.807, 2.05) is 0 Å². The second-order valence-corrected chi connectivity index (χ2v) is 4.89. The quantitative estimate of drug-likeness (QED) is 0.805. The third kappa shape index (κ3) is 3.81. The van der Waals surface area contributed by atoms with Gasteiger partial charge in [0.1, 0.15) is 0 Å². The Morgan fingerprint density at radius 1 is 1.48 bits per heavy atom. The first-order valence-corrected chi connectivity index (χ1v) is 6.73. The van der Waals surface area contributed by atoms with Gasteiger partial charge in [-0.15, -0.1) is 0 Å². The molecule has 1 aliphatic carbocycles. The van der Waals surface area contributed by atoms with Crippen molar-refractivity contribution in [3.05, 3.63) is 23.8 Å². The van der Waals surface area contributed by atoms with Crippen molar-refractivity contribution in [1.29, 1.82) is 0 Å². The molecule has 0 radical (unpaired) electrons. The fraction of sp³-hybridized carbons (Fsp3) is 0.500. The smallest absolute Gasteiger partial charge is 0.387 e. The summed E-state index contributed by atoms with van der Waals surface area (Å²) in [5, 5.41) is 2.64. The van der Waals surface area contributed by atoms with Crippen LogP contribution < -0.4 is 20.5 Å². The Morgan fingerprint density at radius 3 is 2.76 bits per heavy atom. The number of amides is 1. The minimum atomic E-state index is -2.97. The van der Waals surface area contributed by atoms with Gasteiger partial charge in [-0.1, -0.05) is 12.1 Å². The third-order valence-corrected chi connectivity index (χ3v) is 3.25. The maximum atomic E-state index is 12.5. The van der Waals surface area contributed by atoms with Crippen molar-refractivity contribution in [3.8, 4) is 11.5 Å². The van der Waals surface area contributed by atoms with Crippen LogP contribution in [0.3, 0.4) is 0 Å². The molecule has 1 amide bonds. The first-order chi connectivity index (χ1) is 9.96. The van der Waals surface area contributed by atoms with Crippen LogP contribution in [0, 0.1) is 0 Å². The van der Waals surface area contributed by atoms with Crippen molar-refractivity contribution in [2.45, 2.75) is 38.5 Å². The second kappa shape index (κ2) is 6.26. The van der Waals surface area contributed by atoms with E-state index in [9.17, 15) is 13.6 Å². The molecule has 21 heavy (non-hydrogen) atoms. The molecular weight excluding hydrogens is 282 g/mol. The summed E-state index contributed by atoms with van der Waals surface area (Å²) in [6.45, 7) is -0.848. The van der Waals surface area contributed by atoms with E-state index in [1.165, 1.54) is 6.07 Å². The molecule has 0 saturated heterocycles. The van der Waals surface area contributed by atoms with Crippen LogP contribution in [0.25, 0.3) is 0 Å². The number of ether oxygens (including phenoxy) is 2. The molecule has 0 heterocycles. The molecule has 0 aromatic heterocycles. The monoisotopic (exact) mass is 300 g/mol. The number of alkyl halides is 2. The summed E-state index contributed by atoms with van der Waals surface area (Å²) < 4.78 is 34.9. The number of carbonyl (C=O) groups excluding carboxylic acids is 1. The van der Waals surface area contributed by atoms with Crippen LogP contribution in [0.5, 0.6) is 11.5 Å². The maximum Gasteiger partial charge on any atom is 0.387 e. The Labute approximate surface area is 121 Å². The molecule has 1 saturated carbocycles. The van der Waals surface area contributed by atoms with Gasteiger partial charge in [-0.25, -0.2) is 0 Å². The van der Waals surface area contributed by atoms with Gasteiger partial charge in [-0.3, -0.25) is 4.79 Å². The van der Waals surface area contributed by atoms with Crippen LogP contribution in [-0.4, -0.2) is 24.7 Å². The van der Waals surface area contributed by atoms with Crippen molar-refractivity contribution >= 4 is 5.91 Å². The molecule has 1 aromatic rings. The molecule has 0 aliphatic heterocycles. The average Bonchev–Trinajstić information content (AvgIpc) is 3.18. The highest BCUT2D eigenvalue weighted by atomic mass is 19.3. The Morgan fingerprint density at radius 2 is 2.19 bits per heavy atom. The van der Waals surface area contributed by atoms with Gasteiger partial charge >= 0.3 is 6.61 Å². The van der Waals surface area contributed by atoms with Crippen LogP contribution in [-0.2, 0) is 11.3 Å². The van der Waals surface area contributed by atoms with Gasteiger partial charge in [0.2, 0.25) is 5.91 Å². The molecule has 1 fully saturated rings. The second-order valence-electron chi connectivity index (χ2n) is 4.89. The average molecular weight is 300 g/mol. The van der Waals surface area contributed by atoms with Crippen LogP contribution in [0.1, 0.15) is 25.3 Å². The van der Waals surface area contributed by atoms with E-state index < -0.39 is 12.2 Å². The SMILES string of the molecule is CCOc1cccc(CNC(=O)C2(N)CC2)c1OC(F)F. The van der Waals surface area contributed by atoms with E-state index in [0.717, 1.165) is 0 Å². The van der Waals surface area contributed by atoms with E-state index in [4.69, 9.17) is 10.5 Å². The highest BCUT2D eigenvalue weighted by molar-refractivity contribution is 5.88. The van der Waals surface area contributed by atoms with Gasteiger partial charge in [0.15, 0.2) is 11.5 Å². The molecule has 7 heteroatoms. The zero-order chi connectivity index (χ0) is 15.5. The molecular formula is C14H18F2N2O3. The summed E-state index contributed by atoms with van der Waals surface area (Å²) in [5.74, 6) is -0.123. The topological polar surface area (TPSA) is 73.6 Å². The van der Waals surface area contributed by atoms with Crippen LogP contribution >= 0.6 is 0 Å². The number of carbonyl (C=O) groups is 1. The highest BCUT2D eigenvalue weighted by Gasteiger charge is 2.45. The lowest BCUT2D eigenvalue weighted by molar-refractivity contribution is -0.123. The fourth-order valence-electron chi connectivity index (χ4n) is 1.91. The summed E-state index contributed by atoms with van der Waals surface area (Å²) in [4.78, 5) is 11.8.